The van der Waals surface area contributed by atoms with Crippen LogP contribution in [0.5, 0.6) is 0 Å². The SMILES string of the molecule is Cc1nc2c(N(Cc3ccccc3)c3cccc4c3nc(C)n4C)cccc2n1C. The Morgan fingerprint density at radius 3 is 1.67 bits per heavy atom. The van der Waals surface area contributed by atoms with Gasteiger partial charge in [0.15, 0.2) is 0 Å². The molecule has 0 spiro atoms. The van der Waals surface area contributed by atoms with Crippen LogP contribution in [0.3, 0.4) is 0 Å². The summed E-state index contributed by atoms with van der Waals surface area (Å²) in [5, 5.41) is 0. The number of fused-ring (bicyclic) bond motifs is 2. The van der Waals surface area contributed by atoms with Crippen LogP contribution in [0.15, 0.2) is 66.7 Å². The molecule has 30 heavy (non-hydrogen) atoms. The predicted octanol–water partition coefficient (Wildman–Crippen LogP) is 5.42. The molecule has 2 heterocycles. The zero-order valence-corrected chi connectivity index (χ0v) is 17.8. The van der Waals surface area contributed by atoms with E-state index in [9.17, 15) is 0 Å². The van der Waals surface area contributed by atoms with E-state index in [1.165, 1.54) is 5.56 Å². The maximum absolute atomic E-state index is 4.90. The number of hydrogen-bond acceptors (Lipinski definition) is 3. The minimum Gasteiger partial charge on any atom is -0.333 e. The quantitative estimate of drug-likeness (QED) is 0.408. The maximum Gasteiger partial charge on any atom is 0.112 e. The lowest BCUT2D eigenvalue weighted by atomic mass is 10.1. The van der Waals surface area contributed by atoms with E-state index >= 15 is 0 Å². The third-order valence-corrected chi connectivity index (χ3v) is 5.99. The molecular formula is C25H25N5. The van der Waals surface area contributed by atoms with Gasteiger partial charge in [0.05, 0.1) is 22.4 Å². The third kappa shape index (κ3) is 2.86. The number of aryl methyl sites for hydroxylation is 4. The van der Waals surface area contributed by atoms with Crippen molar-refractivity contribution in [3.63, 3.8) is 0 Å². The first-order valence-corrected chi connectivity index (χ1v) is 10.2. The van der Waals surface area contributed by atoms with Crippen LogP contribution >= 0.6 is 0 Å². The minimum atomic E-state index is 0.740. The van der Waals surface area contributed by atoms with Crippen molar-refractivity contribution in [3.8, 4) is 0 Å². The number of aromatic nitrogens is 4. The summed E-state index contributed by atoms with van der Waals surface area (Å²) in [5.41, 5.74) is 7.72. The summed E-state index contributed by atoms with van der Waals surface area (Å²) >= 11 is 0. The summed E-state index contributed by atoms with van der Waals surface area (Å²) in [6.45, 7) is 4.84. The predicted molar refractivity (Wildman–Crippen MR) is 123 cm³/mol. The zero-order chi connectivity index (χ0) is 20.8. The molecule has 0 N–H and O–H groups in total. The Morgan fingerprint density at radius 2 is 1.17 bits per heavy atom. The first-order chi connectivity index (χ1) is 14.5. The van der Waals surface area contributed by atoms with Crippen molar-refractivity contribution in [2.75, 3.05) is 4.90 Å². The molecule has 0 aliphatic rings. The molecule has 3 aromatic carbocycles. The molecule has 0 saturated carbocycles. The second-order valence-electron chi connectivity index (χ2n) is 7.80. The fourth-order valence-corrected chi connectivity index (χ4v) is 4.13. The monoisotopic (exact) mass is 395 g/mol. The van der Waals surface area contributed by atoms with Crippen LogP contribution in [0.2, 0.25) is 0 Å². The molecule has 0 radical (unpaired) electrons. The van der Waals surface area contributed by atoms with Crippen LogP contribution in [0.1, 0.15) is 17.2 Å². The number of hydrogen-bond donors (Lipinski definition) is 0. The highest BCUT2D eigenvalue weighted by Crippen LogP contribution is 2.37. The Kier molecular flexibility index (Phi) is 4.31. The molecule has 0 unspecified atom stereocenters. The van der Waals surface area contributed by atoms with E-state index in [4.69, 9.17) is 9.97 Å². The van der Waals surface area contributed by atoms with E-state index in [-0.39, 0.29) is 0 Å². The fraction of sp³-hybridized carbons (Fsp3) is 0.200. The Morgan fingerprint density at radius 1 is 0.667 bits per heavy atom. The lowest BCUT2D eigenvalue weighted by molar-refractivity contribution is 0.886. The summed E-state index contributed by atoms with van der Waals surface area (Å²) in [4.78, 5) is 12.1. The molecule has 0 aliphatic carbocycles. The van der Waals surface area contributed by atoms with E-state index in [1.807, 2.05) is 13.8 Å². The largest absolute Gasteiger partial charge is 0.333 e. The van der Waals surface area contributed by atoms with Gasteiger partial charge in [-0.15, -0.1) is 0 Å². The molecule has 0 aliphatic heterocycles. The molecule has 0 atom stereocenters. The standard InChI is InChI=1S/C25H25N5/c1-17-26-24-20(28(17)3)12-8-14-22(24)30(16-19-10-6-5-7-11-19)23-15-9-13-21-25(23)27-18(2)29(21)4/h5-15H,16H2,1-4H3. The highest BCUT2D eigenvalue weighted by molar-refractivity contribution is 5.97. The van der Waals surface area contributed by atoms with Crippen molar-refractivity contribution >= 4 is 33.4 Å². The lowest BCUT2D eigenvalue weighted by Crippen LogP contribution is -2.17. The molecule has 0 fully saturated rings. The summed E-state index contributed by atoms with van der Waals surface area (Å²) in [7, 11) is 4.14. The molecule has 0 saturated heterocycles. The van der Waals surface area contributed by atoms with Gasteiger partial charge in [-0.3, -0.25) is 0 Å². The number of imidazole rings is 2. The van der Waals surface area contributed by atoms with E-state index in [2.05, 4.69) is 94.9 Å². The van der Waals surface area contributed by atoms with Gasteiger partial charge in [0, 0.05) is 20.6 Å². The van der Waals surface area contributed by atoms with Crippen LogP contribution in [0.25, 0.3) is 22.1 Å². The molecule has 5 aromatic rings. The molecule has 5 nitrogen and oxygen atoms in total. The van der Waals surface area contributed by atoms with Crippen LogP contribution in [-0.4, -0.2) is 19.1 Å². The van der Waals surface area contributed by atoms with Crippen molar-refractivity contribution in [3.05, 3.63) is 83.9 Å². The first kappa shape index (κ1) is 18.4. The molecule has 2 aromatic heterocycles. The second-order valence-corrected chi connectivity index (χ2v) is 7.80. The second kappa shape index (κ2) is 7.02. The normalized spacial score (nSPS) is 11.5. The van der Waals surface area contributed by atoms with Crippen LogP contribution < -0.4 is 4.90 Å². The molecule has 0 bridgehead atoms. The average Bonchev–Trinajstić information content (AvgIpc) is 3.22. The van der Waals surface area contributed by atoms with Gasteiger partial charge in [0.1, 0.15) is 22.7 Å². The topological polar surface area (TPSA) is 38.9 Å². The summed E-state index contributed by atoms with van der Waals surface area (Å²) in [5.74, 6) is 2.01. The summed E-state index contributed by atoms with van der Waals surface area (Å²) in [6.07, 6.45) is 0. The van der Waals surface area contributed by atoms with Crippen molar-refractivity contribution in [1.82, 2.24) is 19.1 Å². The summed E-state index contributed by atoms with van der Waals surface area (Å²) < 4.78 is 4.29. The molecule has 0 amide bonds. The lowest BCUT2D eigenvalue weighted by Gasteiger charge is -2.26. The Balaban J connectivity index is 1.78. The Bertz CT molecular complexity index is 1280. The van der Waals surface area contributed by atoms with Crippen LogP contribution in [-0.2, 0) is 20.6 Å². The van der Waals surface area contributed by atoms with Gasteiger partial charge >= 0.3 is 0 Å². The van der Waals surface area contributed by atoms with Gasteiger partial charge in [-0.05, 0) is 43.7 Å². The molecule has 5 heteroatoms. The molecular weight excluding hydrogens is 370 g/mol. The van der Waals surface area contributed by atoms with Crippen LogP contribution in [0.4, 0.5) is 11.4 Å². The summed E-state index contributed by atoms with van der Waals surface area (Å²) in [6, 6.07) is 23.4. The van der Waals surface area contributed by atoms with Crippen molar-refractivity contribution in [1.29, 1.82) is 0 Å². The highest BCUT2D eigenvalue weighted by atomic mass is 15.2. The van der Waals surface area contributed by atoms with Crippen molar-refractivity contribution in [2.45, 2.75) is 20.4 Å². The highest BCUT2D eigenvalue weighted by Gasteiger charge is 2.20. The van der Waals surface area contributed by atoms with Gasteiger partial charge in [0.2, 0.25) is 0 Å². The van der Waals surface area contributed by atoms with Crippen molar-refractivity contribution in [2.24, 2.45) is 14.1 Å². The fourth-order valence-electron chi connectivity index (χ4n) is 4.13. The van der Waals surface area contributed by atoms with Gasteiger partial charge < -0.3 is 14.0 Å². The van der Waals surface area contributed by atoms with E-state index in [0.29, 0.717) is 0 Å². The maximum atomic E-state index is 4.90. The van der Waals surface area contributed by atoms with E-state index in [1.54, 1.807) is 0 Å². The first-order valence-electron chi connectivity index (χ1n) is 10.2. The average molecular weight is 396 g/mol. The molecule has 150 valence electrons. The third-order valence-electron chi connectivity index (χ3n) is 5.99. The van der Waals surface area contributed by atoms with Gasteiger partial charge in [-0.1, -0.05) is 42.5 Å². The van der Waals surface area contributed by atoms with Gasteiger partial charge in [-0.25, -0.2) is 9.97 Å². The zero-order valence-electron chi connectivity index (χ0n) is 17.8. The number of rotatable bonds is 4. The van der Waals surface area contributed by atoms with E-state index in [0.717, 1.165) is 51.6 Å². The number of benzene rings is 3. The Hall–Kier alpha value is -3.60. The van der Waals surface area contributed by atoms with E-state index < -0.39 is 0 Å². The Labute approximate surface area is 176 Å². The van der Waals surface area contributed by atoms with Crippen LogP contribution in [0, 0.1) is 13.8 Å². The smallest absolute Gasteiger partial charge is 0.112 e. The minimum absolute atomic E-state index is 0.740. The molecule has 5 rings (SSSR count). The van der Waals surface area contributed by atoms with Crippen molar-refractivity contribution < 1.29 is 0 Å². The number of anilines is 2. The number of nitrogens with zero attached hydrogens (tertiary/aromatic N) is 5. The van der Waals surface area contributed by atoms with Gasteiger partial charge in [0.25, 0.3) is 0 Å². The van der Waals surface area contributed by atoms with Gasteiger partial charge in [-0.2, -0.15) is 0 Å². The number of para-hydroxylation sites is 2.